The molecule has 0 saturated carbocycles. The molecule has 8 heteroatoms. The lowest BCUT2D eigenvalue weighted by Gasteiger charge is -2.32. The third-order valence-corrected chi connectivity index (χ3v) is 21.1. The number of nitrogens with zero attached hydrogens (tertiary/aromatic N) is 2. The lowest BCUT2D eigenvalue weighted by atomic mass is 9.78. The van der Waals surface area contributed by atoms with Gasteiger partial charge in [0.1, 0.15) is 0 Å². The number of hydrogen-bond acceptors (Lipinski definition) is 4. The van der Waals surface area contributed by atoms with Crippen LogP contribution < -0.4 is 5.46 Å². The van der Waals surface area contributed by atoms with Gasteiger partial charge in [0.15, 0.2) is 0 Å². The molecule has 4 nitrogen and oxygen atoms in total. The molecule has 0 unspecified atom stereocenters. The van der Waals surface area contributed by atoms with Gasteiger partial charge in [-0.1, -0.05) is 198 Å². The van der Waals surface area contributed by atoms with Crippen LogP contribution >= 0.6 is 38.6 Å². The quantitative estimate of drug-likeness (QED) is 0.161. The van der Waals surface area contributed by atoms with E-state index in [0.29, 0.717) is 0 Å². The van der Waals surface area contributed by atoms with Crippen LogP contribution in [-0.2, 0) is 9.31 Å². The summed E-state index contributed by atoms with van der Waals surface area (Å²) in [5.74, 6) is 0. The second kappa shape index (κ2) is 17.8. The Labute approximate surface area is 488 Å². The third kappa shape index (κ3) is 6.97. The number of hydrogen-bond donors (Lipinski definition) is 0. The molecule has 6 aromatic heterocycles. The van der Waals surface area contributed by atoms with Gasteiger partial charge >= 0.3 is 7.12 Å². The smallest absolute Gasteiger partial charge is 0.399 e. The maximum atomic E-state index is 6.24. The van der Waals surface area contributed by atoms with Gasteiger partial charge in [0.2, 0.25) is 0 Å². The van der Waals surface area contributed by atoms with E-state index in [4.69, 9.17) is 9.31 Å². The first-order chi connectivity index (χ1) is 40.1. The molecule has 19 rings (SSSR count). The lowest BCUT2D eigenvalue weighted by molar-refractivity contribution is 0.00578. The van der Waals surface area contributed by atoms with Crippen LogP contribution in [0.2, 0.25) is 0 Å². The van der Waals surface area contributed by atoms with Gasteiger partial charge in [0.25, 0.3) is 0 Å². The monoisotopic (exact) mass is 1150 g/mol. The summed E-state index contributed by atoms with van der Waals surface area (Å²) in [6, 6.07) is 83.9. The molecule has 1 aliphatic rings. The molecule has 12 aromatic carbocycles. The molecule has 1 aliphatic heterocycles. The molecule has 0 bridgehead atoms. The Balaban J connectivity index is 0.000000102. The molecule has 0 aliphatic carbocycles. The van der Waals surface area contributed by atoms with Gasteiger partial charge in [-0.2, -0.15) is 0 Å². The topological polar surface area (TPSA) is 27.3 Å². The minimum atomic E-state index is -0.320. The Morgan fingerprint density at radius 1 is 0.366 bits per heavy atom. The van der Waals surface area contributed by atoms with Crippen molar-refractivity contribution in [2.75, 3.05) is 0 Å². The van der Waals surface area contributed by atoms with E-state index in [2.05, 4.69) is 283 Å². The average Bonchev–Trinajstić information content (AvgIpc) is 3.77. The number of para-hydroxylation sites is 4. The van der Waals surface area contributed by atoms with Gasteiger partial charge in [-0.05, 0) is 120 Å². The fraction of sp³-hybridized carbons (Fsp3) is 0.0811. The van der Waals surface area contributed by atoms with Crippen molar-refractivity contribution in [2.24, 2.45) is 0 Å². The van der Waals surface area contributed by atoms with Gasteiger partial charge in [-0.25, -0.2) is 0 Å². The molecule has 0 radical (unpaired) electrons. The average molecular weight is 1150 g/mol. The number of fused-ring (bicyclic) bond motifs is 22. The van der Waals surface area contributed by atoms with Crippen LogP contribution in [0.3, 0.4) is 0 Å². The first kappa shape index (κ1) is 48.4. The fourth-order valence-corrected chi connectivity index (χ4v) is 16.4. The first-order valence-corrected chi connectivity index (χ1v) is 30.5. The van der Waals surface area contributed by atoms with Crippen molar-refractivity contribution < 1.29 is 9.31 Å². The van der Waals surface area contributed by atoms with Crippen LogP contribution in [0.25, 0.3) is 149 Å². The number of rotatable bonds is 2. The van der Waals surface area contributed by atoms with Crippen molar-refractivity contribution in [1.82, 2.24) is 8.80 Å². The summed E-state index contributed by atoms with van der Waals surface area (Å²) in [6.45, 7) is 8.38. The van der Waals surface area contributed by atoms with Gasteiger partial charge in [0.05, 0.1) is 44.3 Å². The highest BCUT2D eigenvalue weighted by Gasteiger charge is 2.51. The summed E-state index contributed by atoms with van der Waals surface area (Å²) in [4.78, 5) is 0. The van der Waals surface area contributed by atoms with E-state index in [0.717, 1.165) is 5.46 Å². The predicted octanol–water partition coefficient (Wildman–Crippen LogP) is 21.1. The van der Waals surface area contributed by atoms with E-state index in [9.17, 15) is 0 Å². The SMILES string of the molecule is Brc1ccc2c3ccccc3n3c4ccccc4c1c23.CC1(C)OB(c2ccc3sc4c5ccccc5ccc4c3c2)OC1(C)C.c1ccc2c(c1)ccc1c3cc(-c4ccc5c6ccccc6n6c7ccccc7c4c56)ccc3sc21. The molecule has 1 saturated heterocycles. The summed E-state index contributed by atoms with van der Waals surface area (Å²) >= 11 is 7.49. The van der Waals surface area contributed by atoms with E-state index >= 15 is 0 Å². The van der Waals surface area contributed by atoms with Gasteiger partial charge in [-0.3, -0.25) is 0 Å². The van der Waals surface area contributed by atoms with E-state index in [1.165, 1.54) is 154 Å². The Kier molecular flexibility index (Phi) is 10.5. The molecule has 82 heavy (non-hydrogen) atoms. The molecular weight excluding hydrogens is 1100 g/mol. The van der Waals surface area contributed by atoms with Crippen LogP contribution in [0, 0.1) is 0 Å². The van der Waals surface area contributed by atoms with Crippen LogP contribution in [0.15, 0.2) is 235 Å². The standard InChI is InChI=1S/C34H19NS.C22H21BO2S.C18H10BrN/c1-2-8-23-20(7-1)13-15-26-28-19-21(14-18-31(28)36-34(23)26)22-16-17-25-24-9-3-5-11-29(24)35-30-12-6-4-10-27(30)32(22)33(25)35;1-21(2)22(3,4)25-23(24-21)15-10-12-19-18(13-15)17-11-9-14-7-5-6-8-16(14)20(17)26-19;19-14-10-9-12-11-5-1-3-7-15(11)20-16-8-4-2-6-13(16)17(14)18(12)20/h1-19H;5-13H,1-4H3;1-10H. The number of benzene rings is 12. The van der Waals surface area contributed by atoms with Crippen molar-refractivity contribution in [1.29, 1.82) is 0 Å². The van der Waals surface area contributed by atoms with E-state index in [1.807, 2.05) is 22.7 Å². The molecule has 0 atom stereocenters. The minimum absolute atomic E-state index is 0.320. The van der Waals surface area contributed by atoms with E-state index in [1.54, 1.807) is 0 Å². The second-order valence-corrected chi connectivity index (χ2v) is 26.0. The zero-order valence-corrected chi connectivity index (χ0v) is 48.6. The molecule has 7 heterocycles. The summed E-state index contributed by atoms with van der Waals surface area (Å²) < 4.78 is 23.9. The van der Waals surface area contributed by atoms with Crippen molar-refractivity contribution in [2.45, 2.75) is 38.9 Å². The maximum absolute atomic E-state index is 6.24. The van der Waals surface area contributed by atoms with Crippen LogP contribution in [0.1, 0.15) is 27.7 Å². The van der Waals surface area contributed by atoms with Crippen molar-refractivity contribution in [3.8, 4) is 11.1 Å². The Bertz CT molecular complexity index is 5630. The molecule has 0 spiro atoms. The highest BCUT2D eigenvalue weighted by Crippen LogP contribution is 2.47. The first-order valence-electron chi connectivity index (χ1n) is 28.1. The summed E-state index contributed by atoms with van der Waals surface area (Å²) in [6.07, 6.45) is 0. The largest absolute Gasteiger partial charge is 0.494 e. The number of halogens is 1. The van der Waals surface area contributed by atoms with Gasteiger partial charge < -0.3 is 18.1 Å². The molecule has 18 aromatic rings. The molecule has 390 valence electrons. The zero-order chi connectivity index (χ0) is 54.8. The van der Waals surface area contributed by atoms with Crippen LogP contribution in [0.5, 0.6) is 0 Å². The Hall–Kier alpha value is -8.34. The number of thiophene rings is 2. The van der Waals surface area contributed by atoms with Gasteiger partial charge in [0, 0.05) is 82.5 Å². The Morgan fingerprint density at radius 3 is 1.35 bits per heavy atom. The predicted molar refractivity (Wildman–Crippen MR) is 358 cm³/mol. The van der Waals surface area contributed by atoms with Crippen molar-refractivity contribution in [3.05, 3.63) is 235 Å². The summed E-state index contributed by atoms with van der Waals surface area (Å²) in [5.41, 5.74) is 10.8. The fourth-order valence-electron chi connectivity index (χ4n) is 13.4. The normalized spacial score (nSPS) is 14.5. The Morgan fingerprint density at radius 2 is 0.793 bits per heavy atom. The highest BCUT2D eigenvalue weighted by atomic mass is 79.9. The zero-order valence-electron chi connectivity index (χ0n) is 45.4. The molecule has 1 fully saturated rings. The molecular formula is C74H50BBrN2O2S2. The van der Waals surface area contributed by atoms with E-state index < -0.39 is 0 Å². The van der Waals surface area contributed by atoms with Crippen LogP contribution in [-0.4, -0.2) is 27.1 Å². The van der Waals surface area contributed by atoms with Crippen molar-refractivity contribution >= 4 is 189 Å². The second-order valence-electron chi connectivity index (χ2n) is 23.0. The third-order valence-electron chi connectivity index (χ3n) is 18.0. The van der Waals surface area contributed by atoms with E-state index in [-0.39, 0.29) is 18.3 Å². The highest BCUT2D eigenvalue weighted by molar-refractivity contribution is 9.10. The summed E-state index contributed by atoms with van der Waals surface area (Å²) in [5, 5.41) is 21.1. The molecule has 0 N–H and O–H groups in total. The minimum Gasteiger partial charge on any atom is -0.399 e. The van der Waals surface area contributed by atoms with Gasteiger partial charge in [-0.15, -0.1) is 22.7 Å². The lowest BCUT2D eigenvalue weighted by Crippen LogP contribution is -2.41. The van der Waals surface area contributed by atoms with Crippen molar-refractivity contribution in [3.63, 3.8) is 0 Å². The summed E-state index contributed by atoms with van der Waals surface area (Å²) in [7, 11) is -0.320. The number of aromatic nitrogens is 2. The maximum Gasteiger partial charge on any atom is 0.494 e. The van der Waals surface area contributed by atoms with Crippen LogP contribution in [0.4, 0.5) is 0 Å². The molecule has 0 amide bonds.